The maximum absolute atomic E-state index is 13.2. The standard InChI is InChI=1S/C10H18F2O3/c1-4-7(3)6-9(15,5-2)10(11,12)8(13)14/h7,15H,4-6H2,1-3H3,(H,13,14). The van der Waals surface area contributed by atoms with Gasteiger partial charge in [0.25, 0.3) is 0 Å². The van der Waals surface area contributed by atoms with E-state index in [4.69, 9.17) is 5.11 Å². The summed E-state index contributed by atoms with van der Waals surface area (Å²) in [5, 5.41) is 18.1. The molecule has 0 aliphatic rings. The first-order chi connectivity index (χ1) is 6.71. The minimum absolute atomic E-state index is 0.139. The molecule has 0 radical (unpaired) electrons. The van der Waals surface area contributed by atoms with Gasteiger partial charge in [0.05, 0.1) is 0 Å². The number of hydrogen-bond donors (Lipinski definition) is 2. The van der Waals surface area contributed by atoms with Gasteiger partial charge in [-0.1, -0.05) is 27.2 Å². The molecule has 0 rings (SSSR count). The van der Waals surface area contributed by atoms with Gasteiger partial charge in [0.2, 0.25) is 0 Å². The summed E-state index contributed by atoms with van der Waals surface area (Å²) in [4.78, 5) is 10.4. The second kappa shape index (κ2) is 4.88. The van der Waals surface area contributed by atoms with Gasteiger partial charge in [-0.15, -0.1) is 0 Å². The number of carboxylic acids is 1. The summed E-state index contributed by atoms with van der Waals surface area (Å²) in [6.45, 7) is 4.87. The Morgan fingerprint density at radius 1 is 1.40 bits per heavy atom. The molecule has 0 amide bonds. The molecule has 90 valence electrons. The van der Waals surface area contributed by atoms with E-state index in [9.17, 15) is 18.7 Å². The number of carboxylic acid groups (broad SMARTS) is 1. The van der Waals surface area contributed by atoms with E-state index in [1.54, 1.807) is 13.8 Å². The van der Waals surface area contributed by atoms with Gasteiger partial charge in [-0.3, -0.25) is 0 Å². The van der Waals surface area contributed by atoms with E-state index in [-0.39, 0.29) is 18.8 Å². The summed E-state index contributed by atoms with van der Waals surface area (Å²) in [6.07, 6.45) is 0.133. The van der Waals surface area contributed by atoms with Gasteiger partial charge in [-0.25, -0.2) is 4.79 Å². The van der Waals surface area contributed by atoms with Gasteiger partial charge in [-0.05, 0) is 18.8 Å². The van der Waals surface area contributed by atoms with Crippen LogP contribution in [0.25, 0.3) is 0 Å². The average molecular weight is 224 g/mol. The molecule has 3 nitrogen and oxygen atoms in total. The van der Waals surface area contributed by atoms with Crippen LogP contribution >= 0.6 is 0 Å². The normalized spacial score (nSPS) is 18.3. The Labute approximate surface area is 88.1 Å². The molecular weight excluding hydrogens is 206 g/mol. The minimum Gasteiger partial charge on any atom is -0.477 e. The van der Waals surface area contributed by atoms with E-state index < -0.39 is 17.5 Å². The summed E-state index contributed by atoms with van der Waals surface area (Å²) < 4.78 is 26.5. The van der Waals surface area contributed by atoms with Crippen molar-refractivity contribution in [2.75, 3.05) is 0 Å². The van der Waals surface area contributed by atoms with Gasteiger partial charge in [0, 0.05) is 0 Å². The predicted molar refractivity (Wildman–Crippen MR) is 51.9 cm³/mol. The van der Waals surface area contributed by atoms with Gasteiger partial charge in [0.15, 0.2) is 0 Å². The zero-order valence-corrected chi connectivity index (χ0v) is 9.26. The molecule has 2 unspecified atom stereocenters. The molecule has 0 fully saturated rings. The van der Waals surface area contributed by atoms with Crippen molar-refractivity contribution in [2.45, 2.75) is 51.6 Å². The number of carbonyl (C=O) groups is 1. The first-order valence-electron chi connectivity index (χ1n) is 5.04. The number of aliphatic carboxylic acids is 1. The highest BCUT2D eigenvalue weighted by molar-refractivity contribution is 5.77. The highest BCUT2D eigenvalue weighted by Gasteiger charge is 2.57. The molecule has 0 spiro atoms. The van der Waals surface area contributed by atoms with Gasteiger partial charge in [0.1, 0.15) is 5.60 Å². The maximum atomic E-state index is 13.2. The van der Waals surface area contributed by atoms with Gasteiger partial charge >= 0.3 is 11.9 Å². The van der Waals surface area contributed by atoms with Crippen LogP contribution in [0.1, 0.15) is 40.0 Å². The molecule has 0 aliphatic carbocycles. The maximum Gasteiger partial charge on any atom is 0.377 e. The van der Waals surface area contributed by atoms with Crippen LogP contribution < -0.4 is 0 Å². The van der Waals surface area contributed by atoms with Crippen molar-refractivity contribution >= 4 is 5.97 Å². The fraction of sp³-hybridized carbons (Fsp3) is 0.900. The Morgan fingerprint density at radius 2 is 1.87 bits per heavy atom. The van der Waals surface area contributed by atoms with E-state index in [1.165, 1.54) is 6.92 Å². The van der Waals surface area contributed by atoms with Crippen LogP contribution in [0.15, 0.2) is 0 Å². The number of halogens is 2. The van der Waals surface area contributed by atoms with E-state index in [2.05, 4.69) is 0 Å². The van der Waals surface area contributed by atoms with Crippen molar-refractivity contribution in [1.29, 1.82) is 0 Å². The molecule has 0 aliphatic heterocycles. The highest BCUT2D eigenvalue weighted by Crippen LogP contribution is 2.37. The molecule has 5 heteroatoms. The predicted octanol–water partition coefficient (Wildman–Crippen LogP) is 2.28. The molecule has 2 N–H and O–H groups in total. The first kappa shape index (κ1) is 14.3. The molecule has 2 atom stereocenters. The number of hydrogen-bond acceptors (Lipinski definition) is 2. The van der Waals surface area contributed by atoms with Crippen molar-refractivity contribution in [1.82, 2.24) is 0 Å². The molecule has 0 saturated heterocycles. The second-order valence-electron chi connectivity index (χ2n) is 3.98. The van der Waals surface area contributed by atoms with Crippen molar-refractivity contribution in [3.05, 3.63) is 0 Å². The third-order valence-electron chi connectivity index (χ3n) is 2.82. The zero-order chi connectivity index (χ0) is 12.3. The highest BCUT2D eigenvalue weighted by atomic mass is 19.3. The Kier molecular flexibility index (Phi) is 4.65. The SMILES string of the molecule is CCC(C)CC(O)(CC)C(F)(F)C(=O)O. The lowest BCUT2D eigenvalue weighted by Gasteiger charge is -2.34. The van der Waals surface area contributed by atoms with Crippen molar-refractivity contribution in [2.24, 2.45) is 5.92 Å². The van der Waals surface area contributed by atoms with Crippen LogP contribution in [0, 0.1) is 5.92 Å². The third kappa shape index (κ3) is 2.87. The smallest absolute Gasteiger partial charge is 0.377 e. The second-order valence-corrected chi connectivity index (χ2v) is 3.98. The lowest BCUT2D eigenvalue weighted by atomic mass is 9.83. The van der Waals surface area contributed by atoms with Crippen LogP contribution in [-0.4, -0.2) is 27.7 Å². The van der Waals surface area contributed by atoms with Gasteiger partial charge in [-0.2, -0.15) is 8.78 Å². The third-order valence-corrected chi connectivity index (χ3v) is 2.82. The van der Waals surface area contributed by atoms with E-state index >= 15 is 0 Å². The van der Waals surface area contributed by atoms with Crippen LogP contribution in [0.2, 0.25) is 0 Å². The Bertz CT molecular complexity index is 231. The lowest BCUT2D eigenvalue weighted by Crippen LogP contribution is -2.53. The minimum atomic E-state index is -4.09. The van der Waals surface area contributed by atoms with Crippen LogP contribution in [0.3, 0.4) is 0 Å². The Morgan fingerprint density at radius 3 is 2.13 bits per heavy atom. The van der Waals surface area contributed by atoms with E-state index in [0.717, 1.165) is 0 Å². The Hall–Kier alpha value is -0.710. The average Bonchev–Trinajstić information content (AvgIpc) is 2.16. The molecule has 0 saturated carbocycles. The molecule has 0 heterocycles. The fourth-order valence-electron chi connectivity index (χ4n) is 1.41. The number of alkyl halides is 2. The van der Waals surface area contributed by atoms with E-state index in [0.29, 0.717) is 6.42 Å². The lowest BCUT2D eigenvalue weighted by molar-refractivity contribution is -0.213. The number of aliphatic hydroxyl groups is 1. The van der Waals surface area contributed by atoms with Crippen LogP contribution in [-0.2, 0) is 4.79 Å². The van der Waals surface area contributed by atoms with Crippen molar-refractivity contribution in [3.63, 3.8) is 0 Å². The van der Waals surface area contributed by atoms with Crippen LogP contribution in [0.5, 0.6) is 0 Å². The van der Waals surface area contributed by atoms with Crippen molar-refractivity contribution in [3.8, 4) is 0 Å². The summed E-state index contributed by atoms with van der Waals surface area (Å²) >= 11 is 0. The quantitative estimate of drug-likeness (QED) is 0.727. The van der Waals surface area contributed by atoms with Crippen LogP contribution in [0.4, 0.5) is 8.78 Å². The monoisotopic (exact) mass is 224 g/mol. The van der Waals surface area contributed by atoms with Crippen molar-refractivity contribution < 1.29 is 23.8 Å². The largest absolute Gasteiger partial charge is 0.477 e. The summed E-state index contributed by atoms with van der Waals surface area (Å²) in [6, 6.07) is 0. The fourth-order valence-corrected chi connectivity index (χ4v) is 1.41. The zero-order valence-electron chi connectivity index (χ0n) is 9.26. The first-order valence-corrected chi connectivity index (χ1v) is 5.04. The molecule has 0 aromatic rings. The van der Waals surface area contributed by atoms with E-state index in [1.807, 2.05) is 0 Å². The topological polar surface area (TPSA) is 57.5 Å². The molecular formula is C10H18F2O3. The number of rotatable bonds is 6. The molecule has 15 heavy (non-hydrogen) atoms. The van der Waals surface area contributed by atoms with Gasteiger partial charge < -0.3 is 10.2 Å². The molecule has 0 aromatic heterocycles. The summed E-state index contributed by atoms with van der Waals surface area (Å²) in [7, 11) is 0. The summed E-state index contributed by atoms with van der Waals surface area (Å²) in [5.74, 6) is -6.50. The summed E-state index contributed by atoms with van der Waals surface area (Å²) in [5.41, 5.74) is -2.45. The molecule has 0 bridgehead atoms. The molecule has 0 aromatic carbocycles. The Balaban J connectivity index is 4.91.